The number of benzene rings is 1. The first kappa shape index (κ1) is 15.3. The van der Waals surface area contributed by atoms with E-state index in [4.69, 9.17) is 19.7 Å². The predicted molar refractivity (Wildman–Crippen MR) is 79.2 cm³/mol. The lowest BCUT2D eigenvalue weighted by molar-refractivity contribution is 0.303. The number of ether oxygens (including phenoxy) is 2. The van der Waals surface area contributed by atoms with Crippen molar-refractivity contribution in [3.8, 4) is 23.0 Å². The van der Waals surface area contributed by atoms with Gasteiger partial charge in [-0.15, -0.1) is 0 Å². The Morgan fingerprint density at radius 2 is 1.67 bits per heavy atom. The van der Waals surface area contributed by atoms with Crippen molar-refractivity contribution in [1.82, 2.24) is 10.1 Å². The summed E-state index contributed by atoms with van der Waals surface area (Å²) in [6.07, 6.45) is 0. The Balaban J connectivity index is 2.37. The lowest BCUT2D eigenvalue weighted by Crippen LogP contribution is -2.27. The molecular weight excluding hydrogens is 270 g/mol. The molecular formula is C15H21N3O3. The monoisotopic (exact) mass is 291 g/mol. The maximum Gasteiger partial charge on any atom is 0.258 e. The lowest BCUT2D eigenvalue weighted by atomic mass is 9.87. The summed E-state index contributed by atoms with van der Waals surface area (Å²) in [5.74, 6) is 2.19. The Morgan fingerprint density at radius 1 is 1.10 bits per heavy atom. The van der Waals surface area contributed by atoms with Crippen LogP contribution in [-0.4, -0.2) is 24.4 Å². The van der Waals surface area contributed by atoms with Gasteiger partial charge >= 0.3 is 0 Å². The van der Waals surface area contributed by atoms with E-state index < -0.39 is 0 Å². The second kappa shape index (κ2) is 5.73. The second-order valence-corrected chi connectivity index (χ2v) is 5.90. The van der Waals surface area contributed by atoms with Crippen LogP contribution in [0.25, 0.3) is 11.5 Å². The van der Waals surface area contributed by atoms with Gasteiger partial charge in [-0.25, -0.2) is 0 Å². The molecule has 0 aliphatic carbocycles. The Kier molecular flexibility index (Phi) is 4.18. The van der Waals surface area contributed by atoms with Crippen molar-refractivity contribution in [2.75, 3.05) is 14.2 Å². The van der Waals surface area contributed by atoms with Crippen molar-refractivity contribution in [2.24, 2.45) is 11.1 Å². The summed E-state index contributed by atoms with van der Waals surface area (Å²) in [7, 11) is 3.18. The fraction of sp³-hybridized carbons (Fsp3) is 0.467. The quantitative estimate of drug-likeness (QED) is 0.932. The Morgan fingerprint density at radius 3 is 2.14 bits per heavy atom. The molecule has 2 rings (SSSR count). The molecule has 0 spiro atoms. The van der Waals surface area contributed by atoms with Gasteiger partial charge in [0.2, 0.25) is 0 Å². The van der Waals surface area contributed by atoms with Gasteiger partial charge in [0.1, 0.15) is 11.5 Å². The van der Waals surface area contributed by atoms with Gasteiger partial charge in [0.15, 0.2) is 5.82 Å². The fourth-order valence-corrected chi connectivity index (χ4v) is 1.80. The van der Waals surface area contributed by atoms with Crippen LogP contribution in [-0.2, 0) is 0 Å². The highest BCUT2D eigenvalue weighted by atomic mass is 16.5. The summed E-state index contributed by atoms with van der Waals surface area (Å²) in [4.78, 5) is 4.38. The number of methoxy groups -OCH3 is 2. The van der Waals surface area contributed by atoms with Crippen LogP contribution in [0, 0.1) is 5.41 Å². The first-order valence-corrected chi connectivity index (χ1v) is 6.67. The lowest BCUT2D eigenvalue weighted by Gasteiger charge is -2.23. The van der Waals surface area contributed by atoms with E-state index in [-0.39, 0.29) is 11.5 Å². The van der Waals surface area contributed by atoms with Crippen molar-refractivity contribution in [2.45, 2.75) is 26.8 Å². The SMILES string of the molecule is COc1cc(OC)cc(-c2nc(C(N)C(C)(C)C)no2)c1. The summed E-state index contributed by atoms with van der Waals surface area (Å²) < 4.78 is 15.8. The number of hydrogen-bond acceptors (Lipinski definition) is 6. The van der Waals surface area contributed by atoms with Gasteiger partial charge < -0.3 is 19.7 Å². The molecule has 1 atom stereocenters. The van der Waals surface area contributed by atoms with Crippen molar-refractivity contribution in [1.29, 1.82) is 0 Å². The third-order valence-corrected chi connectivity index (χ3v) is 3.25. The average Bonchev–Trinajstić information content (AvgIpc) is 2.94. The van der Waals surface area contributed by atoms with Gasteiger partial charge in [-0.05, 0) is 17.5 Å². The molecule has 1 aromatic heterocycles. The van der Waals surface area contributed by atoms with Crippen molar-refractivity contribution in [3.05, 3.63) is 24.0 Å². The van der Waals surface area contributed by atoms with Gasteiger partial charge in [-0.1, -0.05) is 25.9 Å². The molecule has 1 heterocycles. The molecule has 2 N–H and O–H groups in total. The smallest absolute Gasteiger partial charge is 0.258 e. The molecule has 6 heteroatoms. The van der Waals surface area contributed by atoms with Crippen LogP contribution < -0.4 is 15.2 Å². The number of aromatic nitrogens is 2. The number of rotatable bonds is 4. The summed E-state index contributed by atoms with van der Waals surface area (Å²) in [5.41, 5.74) is 6.72. The average molecular weight is 291 g/mol. The maximum absolute atomic E-state index is 6.14. The van der Waals surface area contributed by atoms with Crippen LogP contribution in [0.3, 0.4) is 0 Å². The zero-order valence-corrected chi connectivity index (χ0v) is 13.0. The second-order valence-electron chi connectivity index (χ2n) is 5.90. The van der Waals surface area contributed by atoms with Gasteiger partial charge in [0.05, 0.1) is 20.3 Å². The number of nitrogens with zero attached hydrogens (tertiary/aromatic N) is 2. The van der Waals surface area contributed by atoms with Gasteiger partial charge in [0.25, 0.3) is 5.89 Å². The van der Waals surface area contributed by atoms with Crippen LogP contribution in [0.5, 0.6) is 11.5 Å². The van der Waals surface area contributed by atoms with E-state index in [1.54, 1.807) is 20.3 Å². The molecule has 0 radical (unpaired) electrons. The molecule has 21 heavy (non-hydrogen) atoms. The number of hydrogen-bond donors (Lipinski definition) is 1. The fourth-order valence-electron chi connectivity index (χ4n) is 1.80. The van der Waals surface area contributed by atoms with Crippen LogP contribution >= 0.6 is 0 Å². The van der Waals surface area contributed by atoms with E-state index in [2.05, 4.69) is 10.1 Å². The van der Waals surface area contributed by atoms with Crippen LogP contribution in [0.4, 0.5) is 0 Å². The first-order valence-electron chi connectivity index (χ1n) is 6.67. The minimum absolute atomic E-state index is 0.146. The highest BCUT2D eigenvalue weighted by Crippen LogP contribution is 2.32. The van der Waals surface area contributed by atoms with Gasteiger partial charge in [-0.3, -0.25) is 0 Å². The minimum atomic E-state index is -0.303. The highest BCUT2D eigenvalue weighted by Gasteiger charge is 2.27. The minimum Gasteiger partial charge on any atom is -0.497 e. The van der Waals surface area contributed by atoms with Gasteiger partial charge in [-0.2, -0.15) is 4.98 Å². The van der Waals surface area contributed by atoms with Crippen LogP contribution in [0.1, 0.15) is 32.6 Å². The summed E-state index contributed by atoms with van der Waals surface area (Å²) >= 11 is 0. The number of nitrogens with two attached hydrogens (primary N) is 1. The molecule has 0 aliphatic rings. The maximum atomic E-state index is 6.14. The summed E-state index contributed by atoms with van der Waals surface area (Å²) in [6.45, 7) is 6.09. The van der Waals surface area contributed by atoms with E-state index in [0.717, 1.165) is 5.56 Å². The van der Waals surface area contributed by atoms with Crippen molar-refractivity contribution in [3.63, 3.8) is 0 Å². The molecule has 0 saturated heterocycles. The zero-order valence-electron chi connectivity index (χ0n) is 13.0. The van der Waals surface area contributed by atoms with E-state index in [1.807, 2.05) is 32.9 Å². The van der Waals surface area contributed by atoms with Gasteiger partial charge in [0, 0.05) is 11.6 Å². The topological polar surface area (TPSA) is 83.4 Å². The normalized spacial score (nSPS) is 13.0. The summed E-state index contributed by atoms with van der Waals surface area (Å²) in [6, 6.07) is 5.09. The molecule has 1 unspecified atom stereocenters. The largest absolute Gasteiger partial charge is 0.497 e. The molecule has 2 aromatic rings. The predicted octanol–water partition coefficient (Wildman–Crippen LogP) is 2.80. The molecule has 6 nitrogen and oxygen atoms in total. The molecule has 1 aromatic carbocycles. The molecule has 0 saturated carbocycles. The van der Waals surface area contributed by atoms with E-state index in [0.29, 0.717) is 23.2 Å². The van der Waals surface area contributed by atoms with Crippen LogP contribution in [0.15, 0.2) is 22.7 Å². The third kappa shape index (κ3) is 3.33. The molecule has 114 valence electrons. The zero-order chi connectivity index (χ0) is 15.6. The Labute approximate surface area is 124 Å². The summed E-state index contributed by atoms with van der Waals surface area (Å²) in [5, 5.41) is 3.98. The third-order valence-electron chi connectivity index (χ3n) is 3.25. The van der Waals surface area contributed by atoms with Crippen molar-refractivity contribution >= 4 is 0 Å². The standard InChI is InChI=1S/C15H21N3O3/c1-15(2,3)12(16)13-17-14(21-18-13)9-6-10(19-4)8-11(7-9)20-5/h6-8,12H,16H2,1-5H3. The Hall–Kier alpha value is -2.08. The molecule has 0 bridgehead atoms. The molecule has 0 fully saturated rings. The van der Waals surface area contributed by atoms with Crippen LogP contribution in [0.2, 0.25) is 0 Å². The molecule has 0 amide bonds. The highest BCUT2D eigenvalue weighted by molar-refractivity contribution is 5.59. The molecule has 0 aliphatic heterocycles. The van der Waals surface area contributed by atoms with Crippen molar-refractivity contribution < 1.29 is 14.0 Å². The van der Waals surface area contributed by atoms with E-state index in [9.17, 15) is 0 Å². The first-order chi connectivity index (χ1) is 9.85. The van der Waals surface area contributed by atoms with E-state index in [1.165, 1.54) is 0 Å². The van der Waals surface area contributed by atoms with E-state index >= 15 is 0 Å². The Bertz CT molecular complexity index is 595.